The first-order valence-electron chi connectivity index (χ1n) is 7.13. The topological polar surface area (TPSA) is 188 Å². The number of tetrazole rings is 1. The minimum atomic E-state index is -3.94. The molecule has 0 aliphatic rings. The molecule has 7 N–H and O–H groups in total. The number of aromatic amines is 1. The molecule has 0 spiro atoms. The van der Waals surface area contributed by atoms with Crippen molar-refractivity contribution in [3.63, 3.8) is 0 Å². The number of sulfonamides is 1. The van der Waals surface area contributed by atoms with Crippen molar-refractivity contribution in [2.24, 2.45) is 5.14 Å². The van der Waals surface area contributed by atoms with Gasteiger partial charge in [0.1, 0.15) is 0 Å². The summed E-state index contributed by atoms with van der Waals surface area (Å²) in [6.07, 6.45) is 1.83. The van der Waals surface area contributed by atoms with Crippen molar-refractivity contribution >= 4 is 28.1 Å². The highest BCUT2D eigenvalue weighted by Crippen LogP contribution is 2.34. The number of rotatable bonds is 4. The van der Waals surface area contributed by atoms with Crippen LogP contribution in [0.5, 0.6) is 0 Å². The molecule has 0 fully saturated rings. The Hall–Kier alpha value is -3.44. The van der Waals surface area contributed by atoms with Gasteiger partial charge in [-0.25, -0.2) is 13.6 Å². The summed E-state index contributed by atoms with van der Waals surface area (Å²) in [6.45, 7) is 0. The van der Waals surface area contributed by atoms with Gasteiger partial charge in [-0.3, -0.25) is 0 Å². The van der Waals surface area contributed by atoms with Gasteiger partial charge in [0.05, 0.1) is 10.5 Å². The minimum absolute atomic E-state index is 0.0665. The fraction of sp³-hybridized carbons (Fsp3) is 0. The zero-order chi connectivity index (χ0) is 19.2. The van der Waals surface area contributed by atoms with Gasteiger partial charge in [0.15, 0.2) is 0 Å². The number of nitrogens with two attached hydrogens (primary N) is 2. The quantitative estimate of drug-likeness (QED) is 0.336. The predicted octanol–water partition coefficient (Wildman–Crippen LogP) is 1.05. The summed E-state index contributed by atoms with van der Waals surface area (Å²) in [4.78, 5) is -0.0665. The highest BCUT2D eigenvalue weighted by molar-refractivity contribution is 7.89. The fourth-order valence-electron chi connectivity index (χ4n) is 2.17. The molecule has 0 radical (unpaired) electrons. The fourth-order valence-corrected chi connectivity index (χ4v) is 2.92. The van der Waals surface area contributed by atoms with E-state index in [-0.39, 0.29) is 10.7 Å². The number of hydrogen-bond donors (Lipinski definition) is 5. The third-order valence-electron chi connectivity index (χ3n) is 3.21. The molecule has 1 aromatic heterocycles. The highest BCUT2D eigenvalue weighted by atomic mass is 32.2. The van der Waals surface area contributed by atoms with E-state index in [1.807, 2.05) is 0 Å². The predicted molar refractivity (Wildman–Crippen MR) is 98.4 cm³/mol. The van der Waals surface area contributed by atoms with Crippen LogP contribution in [0.4, 0.5) is 5.69 Å². The van der Waals surface area contributed by atoms with E-state index in [4.69, 9.17) is 21.7 Å². The molecule has 0 aliphatic heterocycles. The second kappa shape index (κ2) is 8.09. The minimum Gasteiger partial charge on any atom is -0.399 e. The van der Waals surface area contributed by atoms with Gasteiger partial charge in [-0.1, -0.05) is 24.3 Å². The Labute approximate surface area is 149 Å². The number of benzene rings is 2. The molecule has 0 saturated heterocycles. The van der Waals surface area contributed by atoms with Crippen LogP contribution in [0.25, 0.3) is 22.5 Å². The van der Waals surface area contributed by atoms with Crippen molar-refractivity contribution in [3.8, 4) is 22.5 Å². The number of nitrogen functional groups attached to an aromatic ring is 1. The molecule has 0 bridgehead atoms. The Kier molecular flexibility index (Phi) is 5.88. The van der Waals surface area contributed by atoms with Crippen LogP contribution in [-0.4, -0.2) is 41.5 Å². The van der Waals surface area contributed by atoms with E-state index in [0.29, 0.717) is 16.8 Å². The van der Waals surface area contributed by atoms with Crippen LogP contribution in [0.15, 0.2) is 47.4 Å². The van der Waals surface area contributed by atoms with Crippen LogP contribution in [0, 0.1) is 10.8 Å². The molecule has 134 valence electrons. The van der Waals surface area contributed by atoms with Gasteiger partial charge in [-0.2, -0.15) is 5.21 Å². The van der Waals surface area contributed by atoms with Crippen molar-refractivity contribution in [3.05, 3.63) is 42.5 Å². The summed E-state index contributed by atoms with van der Waals surface area (Å²) >= 11 is 0. The number of aromatic nitrogens is 4. The van der Waals surface area contributed by atoms with Crippen molar-refractivity contribution in [1.29, 1.82) is 10.8 Å². The number of primary sulfonamides is 1. The maximum Gasteiger partial charge on any atom is 0.238 e. The molecule has 0 atom stereocenters. The first kappa shape index (κ1) is 18.9. The maximum atomic E-state index is 11.9. The summed E-state index contributed by atoms with van der Waals surface area (Å²) in [7, 11) is -3.94. The van der Waals surface area contributed by atoms with Crippen LogP contribution in [0.3, 0.4) is 0 Å². The molecular weight excluding hydrogens is 356 g/mol. The molecule has 0 saturated carbocycles. The summed E-state index contributed by atoms with van der Waals surface area (Å²) < 4.78 is 23.7. The molecular formula is C15H16N8O2S. The van der Waals surface area contributed by atoms with Gasteiger partial charge in [0.2, 0.25) is 15.8 Å². The number of anilines is 1. The number of nitrogens with zero attached hydrogens (tertiary/aromatic N) is 3. The third-order valence-corrected chi connectivity index (χ3v) is 4.16. The van der Waals surface area contributed by atoms with Crippen LogP contribution in [0.2, 0.25) is 0 Å². The van der Waals surface area contributed by atoms with Gasteiger partial charge in [-0.15, -0.1) is 10.2 Å². The van der Waals surface area contributed by atoms with E-state index < -0.39 is 10.0 Å². The lowest BCUT2D eigenvalue weighted by Crippen LogP contribution is -2.14. The smallest absolute Gasteiger partial charge is 0.238 e. The van der Waals surface area contributed by atoms with Crippen molar-refractivity contribution in [2.75, 3.05) is 5.73 Å². The van der Waals surface area contributed by atoms with Gasteiger partial charge < -0.3 is 16.6 Å². The number of hydrogen-bond acceptors (Lipinski definition) is 8. The van der Waals surface area contributed by atoms with Crippen LogP contribution >= 0.6 is 0 Å². The molecule has 0 unspecified atom stereocenters. The highest BCUT2D eigenvalue weighted by Gasteiger charge is 2.22. The molecule has 1 heterocycles. The second-order valence-electron chi connectivity index (χ2n) is 4.91. The molecule has 26 heavy (non-hydrogen) atoms. The van der Waals surface area contributed by atoms with Gasteiger partial charge in [-0.05, 0) is 34.5 Å². The average molecular weight is 372 g/mol. The number of nitrogens with one attached hydrogen (secondary N) is 3. The van der Waals surface area contributed by atoms with E-state index >= 15 is 0 Å². The molecule has 11 heteroatoms. The lowest BCUT2D eigenvalue weighted by molar-refractivity contribution is 0.598. The maximum absolute atomic E-state index is 11.9. The third kappa shape index (κ3) is 4.34. The summed E-state index contributed by atoms with van der Waals surface area (Å²) in [5.74, 6) is 0.149. The van der Waals surface area contributed by atoms with Crippen molar-refractivity contribution in [2.45, 2.75) is 4.90 Å². The Morgan fingerprint density at radius 1 is 1.04 bits per heavy atom. The number of H-pyrrole nitrogens is 1. The monoisotopic (exact) mass is 372 g/mol. The van der Waals surface area contributed by atoms with Crippen LogP contribution in [-0.2, 0) is 10.0 Å². The summed E-state index contributed by atoms with van der Waals surface area (Å²) in [6, 6.07) is 11.8. The standard InChI is InChI=1S/C13H12N6O2S.C2H4N2/c14-9-6-4-8(5-7-9)10-2-1-3-11(22(15,20)21)12(10)13-16-18-19-17-13;3-1-2-4/h1-7H,14H2,(H2,15,20,21)(H,16,17,18,19);1-4H. The molecule has 2 aromatic carbocycles. The van der Waals surface area contributed by atoms with Gasteiger partial charge in [0.25, 0.3) is 0 Å². The van der Waals surface area contributed by atoms with Gasteiger partial charge >= 0.3 is 0 Å². The van der Waals surface area contributed by atoms with Crippen molar-refractivity contribution in [1.82, 2.24) is 20.6 Å². The largest absolute Gasteiger partial charge is 0.399 e. The van der Waals surface area contributed by atoms with Crippen LogP contribution < -0.4 is 10.9 Å². The molecule has 0 amide bonds. The Balaban J connectivity index is 0.000000552. The van der Waals surface area contributed by atoms with E-state index in [0.717, 1.165) is 18.0 Å². The normalized spacial score (nSPS) is 10.5. The molecule has 10 nitrogen and oxygen atoms in total. The Morgan fingerprint density at radius 2 is 1.69 bits per heavy atom. The first-order valence-corrected chi connectivity index (χ1v) is 8.68. The van der Waals surface area contributed by atoms with E-state index in [9.17, 15) is 8.42 Å². The van der Waals surface area contributed by atoms with Crippen LogP contribution in [0.1, 0.15) is 0 Å². The van der Waals surface area contributed by atoms with Gasteiger partial charge in [0, 0.05) is 18.1 Å². The average Bonchev–Trinajstić information content (AvgIpc) is 3.15. The Bertz CT molecular complexity index is 993. The Morgan fingerprint density at radius 3 is 2.19 bits per heavy atom. The zero-order valence-electron chi connectivity index (χ0n) is 13.4. The molecule has 0 aliphatic carbocycles. The van der Waals surface area contributed by atoms with E-state index in [1.54, 1.807) is 36.4 Å². The zero-order valence-corrected chi connectivity index (χ0v) is 14.2. The van der Waals surface area contributed by atoms with E-state index in [2.05, 4.69) is 20.6 Å². The lowest BCUT2D eigenvalue weighted by atomic mass is 9.99. The second-order valence-corrected chi connectivity index (χ2v) is 6.44. The lowest BCUT2D eigenvalue weighted by Gasteiger charge is -2.11. The van der Waals surface area contributed by atoms with E-state index in [1.165, 1.54) is 6.07 Å². The first-order chi connectivity index (χ1) is 12.4. The SMILES string of the molecule is N=CC=N.Nc1ccc(-c2cccc(S(N)(=O)=O)c2-c2nn[nH]n2)cc1. The molecule has 3 rings (SSSR count). The van der Waals surface area contributed by atoms with Crippen molar-refractivity contribution < 1.29 is 8.42 Å². The summed E-state index contributed by atoms with van der Waals surface area (Å²) in [5.41, 5.74) is 7.96. The summed E-state index contributed by atoms with van der Waals surface area (Å²) in [5, 5.41) is 31.0. The molecule has 3 aromatic rings.